The number of carbonyl (C=O) groups excluding carboxylic acids is 1. The highest BCUT2D eigenvalue weighted by Crippen LogP contribution is 2.13. The zero-order valence-corrected chi connectivity index (χ0v) is 8.39. The number of ether oxygens (including phenoxy) is 1. The van der Waals surface area contributed by atoms with Gasteiger partial charge in [0.05, 0.1) is 12.6 Å². The summed E-state index contributed by atoms with van der Waals surface area (Å²) < 4.78 is 6.98. The highest BCUT2D eigenvalue weighted by Gasteiger charge is 2.16. The summed E-state index contributed by atoms with van der Waals surface area (Å²) >= 11 is 0. The lowest BCUT2D eigenvalue weighted by molar-refractivity contribution is 0.0959. The normalized spacial score (nSPS) is 20.4. The SMILES string of the molecule is O=Cc1ccc(=O)n(CC2CCCO2)c1. The van der Waals surface area contributed by atoms with Gasteiger partial charge in [0, 0.05) is 24.4 Å². The molecule has 0 N–H and O–H groups in total. The van der Waals surface area contributed by atoms with E-state index in [1.54, 1.807) is 10.8 Å². The van der Waals surface area contributed by atoms with Gasteiger partial charge in [0.25, 0.3) is 5.56 Å². The Morgan fingerprint density at radius 3 is 3.07 bits per heavy atom. The fourth-order valence-corrected chi connectivity index (χ4v) is 1.77. The van der Waals surface area contributed by atoms with Gasteiger partial charge in [-0.1, -0.05) is 0 Å². The first kappa shape index (κ1) is 10.1. The summed E-state index contributed by atoms with van der Waals surface area (Å²) in [6, 6.07) is 2.94. The predicted octanol–water partition coefficient (Wildman–Crippen LogP) is 0.840. The monoisotopic (exact) mass is 207 g/mol. The van der Waals surface area contributed by atoms with E-state index in [1.807, 2.05) is 0 Å². The molecular weight excluding hydrogens is 194 g/mol. The maximum absolute atomic E-state index is 11.5. The van der Waals surface area contributed by atoms with Gasteiger partial charge >= 0.3 is 0 Å². The van der Waals surface area contributed by atoms with E-state index in [-0.39, 0.29) is 11.7 Å². The Kier molecular flexibility index (Phi) is 2.97. The van der Waals surface area contributed by atoms with E-state index in [0.29, 0.717) is 12.1 Å². The molecule has 1 saturated heterocycles. The molecule has 0 amide bonds. The number of hydrogen-bond acceptors (Lipinski definition) is 3. The summed E-state index contributed by atoms with van der Waals surface area (Å²) in [4.78, 5) is 22.0. The van der Waals surface area contributed by atoms with E-state index in [9.17, 15) is 9.59 Å². The fourth-order valence-electron chi connectivity index (χ4n) is 1.77. The van der Waals surface area contributed by atoms with Crippen molar-refractivity contribution in [3.63, 3.8) is 0 Å². The summed E-state index contributed by atoms with van der Waals surface area (Å²) in [5, 5.41) is 0. The van der Waals surface area contributed by atoms with Crippen molar-refractivity contribution in [3.05, 3.63) is 34.2 Å². The second-order valence-electron chi connectivity index (χ2n) is 3.71. The largest absolute Gasteiger partial charge is 0.376 e. The molecule has 1 unspecified atom stereocenters. The Morgan fingerprint density at radius 2 is 2.40 bits per heavy atom. The molecule has 1 aliphatic heterocycles. The zero-order valence-electron chi connectivity index (χ0n) is 8.39. The first-order valence-electron chi connectivity index (χ1n) is 5.07. The zero-order chi connectivity index (χ0) is 10.7. The van der Waals surface area contributed by atoms with Crippen LogP contribution < -0.4 is 5.56 Å². The van der Waals surface area contributed by atoms with Gasteiger partial charge in [0.1, 0.15) is 0 Å². The molecule has 0 aliphatic carbocycles. The van der Waals surface area contributed by atoms with Crippen molar-refractivity contribution in [2.45, 2.75) is 25.5 Å². The predicted molar refractivity (Wildman–Crippen MR) is 55.1 cm³/mol. The number of aldehydes is 1. The third kappa shape index (κ3) is 2.33. The van der Waals surface area contributed by atoms with Gasteiger partial charge in [-0.25, -0.2) is 0 Å². The van der Waals surface area contributed by atoms with E-state index >= 15 is 0 Å². The molecule has 1 aliphatic rings. The van der Waals surface area contributed by atoms with Crippen LogP contribution in [0, 0.1) is 0 Å². The molecule has 4 heteroatoms. The molecule has 1 atom stereocenters. The first-order valence-corrected chi connectivity index (χ1v) is 5.07. The standard InChI is InChI=1S/C11H13NO3/c13-8-9-3-4-11(14)12(6-9)7-10-2-1-5-15-10/h3-4,6,8,10H,1-2,5,7H2. The second kappa shape index (κ2) is 4.40. The van der Waals surface area contributed by atoms with Crippen LogP contribution in [0.2, 0.25) is 0 Å². The maximum atomic E-state index is 11.5. The molecule has 0 bridgehead atoms. The van der Waals surface area contributed by atoms with Crippen LogP contribution in [0.3, 0.4) is 0 Å². The molecule has 15 heavy (non-hydrogen) atoms. The molecule has 0 spiro atoms. The lowest BCUT2D eigenvalue weighted by Gasteiger charge is -2.11. The Morgan fingerprint density at radius 1 is 1.53 bits per heavy atom. The number of nitrogens with zero attached hydrogens (tertiary/aromatic N) is 1. The molecule has 2 rings (SSSR count). The average Bonchev–Trinajstić information content (AvgIpc) is 2.74. The summed E-state index contributed by atoms with van der Waals surface area (Å²) in [5.41, 5.74) is 0.434. The minimum absolute atomic E-state index is 0.0869. The van der Waals surface area contributed by atoms with Crippen molar-refractivity contribution in [1.29, 1.82) is 0 Å². The molecule has 0 saturated carbocycles. The van der Waals surface area contributed by atoms with E-state index in [2.05, 4.69) is 0 Å². The topological polar surface area (TPSA) is 48.3 Å². The summed E-state index contributed by atoms with van der Waals surface area (Å²) in [6.45, 7) is 1.31. The van der Waals surface area contributed by atoms with Crippen molar-refractivity contribution >= 4 is 6.29 Å². The lowest BCUT2D eigenvalue weighted by atomic mass is 10.2. The molecule has 80 valence electrons. The van der Waals surface area contributed by atoms with Crippen molar-refractivity contribution < 1.29 is 9.53 Å². The highest BCUT2D eigenvalue weighted by atomic mass is 16.5. The van der Waals surface area contributed by atoms with Gasteiger partial charge in [0.15, 0.2) is 6.29 Å². The smallest absolute Gasteiger partial charge is 0.250 e. The molecule has 4 nitrogen and oxygen atoms in total. The Labute approximate surface area is 87.5 Å². The first-order chi connectivity index (χ1) is 7.29. The lowest BCUT2D eigenvalue weighted by Crippen LogP contribution is -2.25. The van der Waals surface area contributed by atoms with Crippen LogP contribution >= 0.6 is 0 Å². The van der Waals surface area contributed by atoms with Crippen LogP contribution in [0.4, 0.5) is 0 Å². The minimum Gasteiger partial charge on any atom is -0.376 e. The van der Waals surface area contributed by atoms with E-state index in [0.717, 1.165) is 25.7 Å². The van der Waals surface area contributed by atoms with Gasteiger partial charge in [-0.3, -0.25) is 9.59 Å². The van der Waals surface area contributed by atoms with Crippen molar-refractivity contribution in [1.82, 2.24) is 4.57 Å². The minimum atomic E-state index is -0.0869. The van der Waals surface area contributed by atoms with Gasteiger partial charge in [-0.05, 0) is 18.9 Å². The molecule has 1 aromatic heterocycles. The molecule has 1 aromatic rings. The summed E-state index contributed by atoms with van der Waals surface area (Å²) in [7, 11) is 0. The molecular formula is C11H13NO3. The number of rotatable bonds is 3. The van der Waals surface area contributed by atoms with E-state index < -0.39 is 0 Å². The van der Waals surface area contributed by atoms with Crippen molar-refractivity contribution in [2.24, 2.45) is 0 Å². The van der Waals surface area contributed by atoms with Gasteiger partial charge < -0.3 is 9.30 Å². The Balaban J connectivity index is 2.18. The Hall–Kier alpha value is -1.42. The van der Waals surface area contributed by atoms with E-state index in [1.165, 1.54) is 12.1 Å². The number of carbonyl (C=O) groups is 1. The summed E-state index contributed by atoms with van der Waals surface area (Å²) in [6.07, 6.45) is 4.47. The molecule has 1 fully saturated rings. The third-order valence-electron chi connectivity index (χ3n) is 2.57. The van der Waals surface area contributed by atoms with Crippen LogP contribution in [-0.2, 0) is 11.3 Å². The number of pyridine rings is 1. The van der Waals surface area contributed by atoms with Gasteiger partial charge in [-0.15, -0.1) is 0 Å². The maximum Gasteiger partial charge on any atom is 0.250 e. The molecule has 2 heterocycles. The highest BCUT2D eigenvalue weighted by molar-refractivity contribution is 5.73. The van der Waals surface area contributed by atoms with Crippen LogP contribution in [0.15, 0.2) is 23.1 Å². The molecule has 0 aromatic carbocycles. The van der Waals surface area contributed by atoms with Gasteiger partial charge in [0.2, 0.25) is 0 Å². The van der Waals surface area contributed by atoms with Crippen molar-refractivity contribution in [2.75, 3.05) is 6.61 Å². The van der Waals surface area contributed by atoms with Crippen LogP contribution in [0.5, 0.6) is 0 Å². The van der Waals surface area contributed by atoms with E-state index in [4.69, 9.17) is 4.74 Å². The fraction of sp³-hybridized carbons (Fsp3) is 0.455. The Bertz CT molecular complexity index is 405. The third-order valence-corrected chi connectivity index (χ3v) is 2.57. The van der Waals surface area contributed by atoms with Crippen molar-refractivity contribution in [3.8, 4) is 0 Å². The molecule has 0 radical (unpaired) electrons. The summed E-state index contributed by atoms with van der Waals surface area (Å²) in [5.74, 6) is 0. The number of hydrogen-bond donors (Lipinski definition) is 0. The quantitative estimate of drug-likeness (QED) is 0.690. The van der Waals surface area contributed by atoms with Crippen LogP contribution in [0.1, 0.15) is 23.2 Å². The van der Waals surface area contributed by atoms with Crippen LogP contribution in [0.25, 0.3) is 0 Å². The average molecular weight is 207 g/mol. The van der Waals surface area contributed by atoms with Crippen LogP contribution in [-0.4, -0.2) is 23.6 Å². The van der Waals surface area contributed by atoms with Gasteiger partial charge in [-0.2, -0.15) is 0 Å². The second-order valence-corrected chi connectivity index (χ2v) is 3.71. The number of aromatic nitrogens is 1.